The van der Waals surface area contributed by atoms with Crippen LogP contribution in [0, 0.1) is 17.2 Å². The molecule has 1 atom stereocenters. The summed E-state index contributed by atoms with van der Waals surface area (Å²) in [4.78, 5) is 13.1. The Hall–Kier alpha value is -1.04. The molecule has 0 spiro atoms. The maximum Gasteiger partial charge on any atom is 0.236 e. The number of carbonyl (C=O) groups excluding carboxylic acids is 1. The molecule has 0 radical (unpaired) electrons. The average Bonchev–Trinajstić information content (AvgIpc) is 2.54. The van der Waals surface area contributed by atoms with Gasteiger partial charge in [0.25, 0.3) is 0 Å². The summed E-state index contributed by atoms with van der Waals surface area (Å²) in [5, 5.41) is 8.37. The van der Waals surface area contributed by atoms with E-state index in [4.69, 9.17) is 5.26 Å². The molecule has 0 aromatic carbocycles. The first-order valence-electron chi connectivity index (χ1n) is 4.92. The quantitative estimate of drug-likeness (QED) is 0.661. The van der Waals surface area contributed by atoms with Gasteiger partial charge in [-0.05, 0) is 18.8 Å². The minimum atomic E-state index is 0.00102. The van der Waals surface area contributed by atoms with E-state index in [1.165, 1.54) is 12.8 Å². The first-order valence-corrected chi connectivity index (χ1v) is 4.92. The van der Waals surface area contributed by atoms with Crippen LogP contribution in [0.2, 0.25) is 0 Å². The van der Waals surface area contributed by atoms with Crippen molar-refractivity contribution in [3.63, 3.8) is 0 Å². The van der Waals surface area contributed by atoms with Gasteiger partial charge in [0.1, 0.15) is 6.42 Å². The van der Waals surface area contributed by atoms with Crippen molar-refractivity contribution in [3.8, 4) is 6.07 Å². The maximum absolute atomic E-state index is 11.3. The molecule has 72 valence electrons. The number of nitrogens with zero attached hydrogens (tertiary/aromatic N) is 2. The first kappa shape index (κ1) is 10.0. The SMILES string of the molecule is CCCC1CCN(C(=O)CC#N)C1. The lowest BCUT2D eigenvalue weighted by atomic mass is 10.0. The highest BCUT2D eigenvalue weighted by Crippen LogP contribution is 2.20. The smallest absolute Gasteiger partial charge is 0.236 e. The standard InChI is InChI=1S/C10H16N2O/c1-2-3-9-5-7-12(8-9)10(13)4-6-11/h9H,2-5,7-8H2,1H3. The molecule has 0 aromatic heterocycles. The van der Waals surface area contributed by atoms with Gasteiger partial charge in [0.2, 0.25) is 5.91 Å². The zero-order chi connectivity index (χ0) is 9.68. The van der Waals surface area contributed by atoms with E-state index < -0.39 is 0 Å². The molecule has 0 N–H and O–H groups in total. The molecule has 3 nitrogen and oxygen atoms in total. The molecule has 0 aromatic rings. The third-order valence-corrected chi connectivity index (χ3v) is 2.57. The number of carbonyl (C=O) groups is 1. The first-order chi connectivity index (χ1) is 6.27. The van der Waals surface area contributed by atoms with Crippen LogP contribution in [0.15, 0.2) is 0 Å². The van der Waals surface area contributed by atoms with Gasteiger partial charge in [-0.1, -0.05) is 13.3 Å². The lowest BCUT2D eigenvalue weighted by molar-refractivity contribution is -0.129. The van der Waals surface area contributed by atoms with Gasteiger partial charge in [-0.2, -0.15) is 5.26 Å². The van der Waals surface area contributed by atoms with Crippen molar-refractivity contribution in [1.82, 2.24) is 4.90 Å². The van der Waals surface area contributed by atoms with Gasteiger partial charge < -0.3 is 4.90 Å². The molecular formula is C10H16N2O. The van der Waals surface area contributed by atoms with Gasteiger partial charge in [-0.3, -0.25) is 4.79 Å². The molecule has 0 aliphatic carbocycles. The van der Waals surface area contributed by atoms with Crippen molar-refractivity contribution in [2.75, 3.05) is 13.1 Å². The molecule has 1 unspecified atom stereocenters. The minimum absolute atomic E-state index is 0.00102. The van der Waals surface area contributed by atoms with Crippen LogP contribution in [0.1, 0.15) is 32.6 Å². The monoisotopic (exact) mass is 180 g/mol. The normalized spacial score (nSPS) is 21.5. The number of rotatable bonds is 3. The lowest BCUT2D eigenvalue weighted by Gasteiger charge is -2.14. The van der Waals surface area contributed by atoms with Crippen LogP contribution < -0.4 is 0 Å². The Morgan fingerprint density at radius 3 is 3.08 bits per heavy atom. The summed E-state index contributed by atoms with van der Waals surface area (Å²) in [7, 11) is 0. The highest BCUT2D eigenvalue weighted by atomic mass is 16.2. The van der Waals surface area contributed by atoms with E-state index in [0.29, 0.717) is 5.92 Å². The highest BCUT2D eigenvalue weighted by molar-refractivity contribution is 5.78. The lowest BCUT2D eigenvalue weighted by Crippen LogP contribution is -2.27. The fraction of sp³-hybridized carbons (Fsp3) is 0.800. The molecule has 1 amide bonds. The van der Waals surface area contributed by atoms with Crippen LogP contribution in [-0.2, 0) is 4.79 Å². The van der Waals surface area contributed by atoms with Crippen molar-refractivity contribution in [2.45, 2.75) is 32.6 Å². The Bertz CT molecular complexity index is 219. The van der Waals surface area contributed by atoms with E-state index in [2.05, 4.69) is 6.92 Å². The van der Waals surface area contributed by atoms with Crippen molar-refractivity contribution in [1.29, 1.82) is 5.26 Å². The van der Waals surface area contributed by atoms with Crippen LogP contribution in [0.3, 0.4) is 0 Å². The summed E-state index contributed by atoms with van der Waals surface area (Å²) in [5.41, 5.74) is 0. The summed E-state index contributed by atoms with van der Waals surface area (Å²) in [6, 6.07) is 1.90. The summed E-state index contributed by atoms with van der Waals surface area (Å²) < 4.78 is 0. The number of amides is 1. The van der Waals surface area contributed by atoms with E-state index in [9.17, 15) is 4.79 Å². The van der Waals surface area contributed by atoms with Crippen LogP contribution >= 0.6 is 0 Å². The average molecular weight is 180 g/mol. The Kier molecular flexibility index (Phi) is 3.75. The predicted molar refractivity (Wildman–Crippen MR) is 49.8 cm³/mol. The van der Waals surface area contributed by atoms with Gasteiger partial charge in [0.05, 0.1) is 6.07 Å². The van der Waals surface area contributed by atoms with Crippen molar-refractivity contribution in [2.24, 2.45) is 5.92 Å². The van der Waals surface area contributed by atoms with Crippen LogP contribution in [0.5, 0.6) is 0 Å². The summed E-state index contributed by atoms with van der Waals surface area (Å²) >= 11 is 0. The van der Waals surface area contributed by atoms with Crippen molar-refractivity contribution < 1.29 is 4.79 Å². The molecular weight excluding hydrogens is 164 g/mol. The molecule has 1 heterocycles. The molecule has 3 heteroatoms. The molecule has 1 rings (SSSR count). The van der Waals surface area contributed by atoms with Crippen LogP contribution in [-0.4, -0.2) is 23.9 Å². The second-order valence-electron chi connectivity index (χ2n) is 3.62. The number of likely N-dealkylation sites (tertiary alicyclic amines) is 1. The summed E-state index contributed by atoms with van der Waals surface area (Å²) in [6.45, 7) is 3.89. The van der Waals surface area contributed by atoms with Gasteiger partial charge in [0.15, 0.2) is 0 Å². The zero-order valence-corrected chi connectivity index (χ0v) is 8.12. The molecule has 13 heavy (non-hydrogen) atoms. The zero-order valence-electron chi connectivity index (χ0n) is 8.12. The van der Waals surface area contributed by atoms with Crippen LogP contribution in [0.4, 0.5) is 0 Å². The Balaban J connectivity index is 2.32. The van der Waals surface area contributed by atoms with Gasteiger partial charge in [0, 0.05) is 13.1 Å². The molecule has 0 saturated carbocycles. The summed E-state index contributed by atoms with van der Waals surface area (Å²) in [6.07, 6.45) is 3.55. The second kappa shape index (κ2) is 4.86. The minimum Gasteiger partial charge on any atom is -0.342 e. The van der Waals surface area contributed by atoms with Gasteiger partial charge in [-0.25, -0.2) is 0 Å². The molecule has 1 saturated heterocycles. The predicted octanol–water partition coefficient (Wildman–Crippen LogP) is 1.55. The summed E-state index contributed by atoms with van der Waals surface area (Å²) in [5.74, 6) is 0.675. The molecule has 1 aliphatic heterocycles. The van der Waals surface area contributed by atoms with Crippen molar-refractivity contribution >= 4 is 5.91 Å². The topological polar surface area (TPSA) is 44.1 Å². The van der Waals surface area contributed by atoms with E-state index in [0.717, 1.165) is 19.5 Å². The molecule has 0 bridgehead atoms. The van der Waals surface area contributed by atoms with Crippen molar-refractivity contribution in [3.05, 3.63) is 0 Å². The molecule has 1 aliphatic rings. The highest BCUT2D eigenvalue weighted by Gasteiger charge is 2.24. The Labute approximate surface area is 79.3 Å². The second-order valence-corrected chi connectivity index (χ2v) is 3.62. The third kappa shape index (κ3) is 2.73. The van der Waals surface area contributed by atoms with Gasteiger partial charge in [-0.15, -0.1) is 0 Å². The fourth-order valence-electron chi connectivity index (χ4n) is 1.88. The van der Waals surface area contributed by atoms with E-state index in [1.54, 1.807) is 0 Å². The number of hydrogen-bond acceptors (Lipinski definition) is 2. The van der Waals surface area contributed by atoms with E-state index in [-0.39, 0.29) is 12.3 Å². The van der Waals surface area contributed by atoms with Gasteiger partial charge >= 0.3 is 0 Å². The number of nitriles is 1. The van der Waals surface area contributed by atoms with E-state index in [1.807, 2.05) is 11.0 Å². The largest absolute Gasteiger partial charge is 0.342 e. The number of hydrogen-bond donors (Lipinski definition) is 0. The maximum atomic E-state index is 11.3. The van der Waals surface area contributed by atoms with E-state index >= 15 is 0 Å². The fourth-order valence-corrected chi connectivity index (χ4v) is 1.88. The third-order valence-electron chi connectivity index (χ3n) is 2.57. The molecule has 1 fully saturated rings. The Morgan fingerprint density at radius 2 is 2.46 bits per heavy atom. The Morgan fingerprint density at radius 1 is 1.69 bits per heavy atom. The van der Waals surface area contributed by atoms with Crippen LogP contribution in [0.25, 0.3) is 0 Å².